The first-order chi connectivity index (χ1) is 10.5. The average Bonchev–Trinajstić information content (AvgIpc) is 2.77. The number of phenolic OH excluding ortho intramolecular Hbond substituents is 1. The van der Waals surface area contributed by atoms with Crippen molar-refractivity contribution in [1.29, 1.82) is 0 Å². The number of aromatic nitrogens is 1. The third kappa shape index (κ3) is 2.60. The molecule has 3 rings (SSSR count). The molecule has 0 radical (unpaired) electrons. The molecule has 0 saturated carbocycles. The molecule has 0 aliphatic rings. The first-order valence-corrected chi connectivity index (χ1v) is 8.26. The van der Waals surface area contributed by atoms with Crippen LogP contribution < -0.4 is 0 Å². The fraction of sp³-hybridized carbons (Fsp3) is 0.167. The average molecular weight is 327 g/mol. The van der Waals surface area contributed by atoms with Gasteiger partial charge in [-0.2, -0.15) is 0 Å². The number of para-hydroxylation sites is 1. The molecule has 0 aliphatic heterocycles. The van der Waals surface area contributed by atoms with Gasteiger partial charge >= 0.3 is 0 Å². The number of allylic oxidation sites excluding steroid dienone is 1. The quantitative estimate of drug-likeness (QED) is 0.640. The molecule has 112 valence electrons. The van der Waals surface area contributed by atoms with Gasteiger partial charge in [0.1, 0.15) is 5.75 Å². The van der Waals surface area contributed by atoms with E-state index < -0.39 is 0 Å². The molecule has 4 heteroatoms. The summed E-state index contributed by atoms with van der Waals surface area (Å²) in [6.45, 7) is 8.55. The number of phenols is 1. The summed E-state index contributed by atoms with van der Waals surface area (Å²) in [5.41, 5.74) is 5.01. The highest BCUT2D eigenvalue weighted by Gasteiger charge is 2.10. The Balaban J connectivity index is 2.13. The summed E-state index contributed by atoms with van der Waals surface area (Å²) >= 11 is 7.15. The van der Waals surface area contributed by atoms with Crippen LogP contribution in [0.4, 0.5) is 0 Å². The Morgan fingerprint density at radius 2 is 2.05 bits per heavy atom. The number of nitrogens with zero attached hydrogens (tertiary/aromatic N) is 1. The first kappa shape index (κ1) is 15.0. The Bertz CT molecular complexity index is 934. The van der Waals surface area contributed by atoms with Crippen LogP contribution in [0.5, 0.6) is 5.75 Å². The van der Waals surface area contributed by atoms with Crippen LogP contribution in [-0.2, 0) is 6.54 Å². The van der Waals surface area contributed by atoms with Crippen LogP contribution >= 0.6 is 23.6 Å². The molecule has 0 aliphatic carbocycles. The third-order valence-corrected chi connectivity index (χ3v) is 5.25. The van der Waals surface area contributed by atoms with Gasteiger partial charge in [-0.15, -0.1) is 11.3 Å². The lowest BCUT2D eigenvalue weighted by molar-refractivity contribution is 0.472. The monoisotopic (exact) mass is 327 g/mol. The molecule has 3 aromatic rings. The largest absolute Gasteiger partial charge is 0.507 e. The van der Waals surface area contributed by atoms with Crippen molar-refractivity contribution in [2.24, 2.45) is 0 Å². The zero-order valence-corrected chi connectivity index (χ0v) is 14.2. The number of rotatable bonds is 3. The minimum absolute atomic E-state index is 0.285. The predicted octanol–water partition coefficient (Wildman–Crippen LogP) is 5.53. The molecular formula is C18H17NOS2. The fourth-order valence-corrected chi connectivity index (χ4v) is 3.91. The molecular weight excluding hydrogens is 310 g/mol. The Hall–Kier alpha value is -1.91. The number of thiazole rings is 1. The number of aryl methyl sites for hydroxylation is 1. The second-order valence-electron chi connectivity index (χ2n) is 5.50. The number of hydrogen-bond acceptors (Lipinski definition) is 3. The highest BCUT2D eigenvalue weighted by atomic mass is 32.1. The molecule has 2 nitrogen and oxygen atoms in total. The summed E-state index contributed by atoms with van der Waals surface area (Å²) in [7, 11) is 0. The lowest BCUT2D eigenvalue weighted by atomic mass is 10.00. The Kier molecular flexibility index (Phi) is 3.89. The van der Waals surface area contributed by atoms with Crippen molar-refractivity contribution >= 4 is 39.3 Å². The van der Waals surface area contributed by atoms with Gasteiger partial charge in [-0.25, -0.2) is 0 Å². The minimum Gasteiger partial charge on any atom is -0.507 e. The minimum atomic E-state index is 0.285. The summed E-state index contributed by atoms with van der Waals surface area (Å²) < 4.78 is 4.21. The van der Waals surface area contributed by atoms with Crippen LogP contribution in [0.1, 0.15) is 23.6 Å². The topological polar surface area (TPSA) is 25.2 Å². The number of fused-ring (bicyclic) bond motifs is 1. The van der Waals surface area contributed by atoms with E-state index in [9.17, 15) is 5.11 Å². The van der Waals surface area contributed by atoms with E-state index in [1.54, 1.807) is 17.4 Å². The molecule has 22 heavy (non-hydrogen) atoms. The fourth-order valence-electron chi connectivity index (χ4n) is 2.58. The van der Waals surface area contributed by atoms with Crippen molar-refractivity contribution in [2.75, 3.05) is 0 Å². The van der Waals surface area contributed by atoms with Crippen LogP contribution in [0, 0.1) is 10.9 Å². The van der Waals surface area contributed by atoms with E-state index in [1.165, 1.54) is 4.70 Å². The Morgan fingerprint density at radius 1 is 1.32 bits per heavy atom. The van der Waals surface area contributed by atoms with Gasteiger partial charge in [-0.3, -0.25) is 0 Å². The number of benzene rings is 2. The van der Waals surface area contributed by atoms with Crippen molar-refractivity contribution in [3.63, 3.8) is 0 Å². The summed E-state index contributed by atoms with van der Waals surface area (Å²) in [5.74, 6) is 0.285. The normalized spacial score (nSPS) is 11.0. The van der Waals surface area contributed by atoms with Crippen LogP contribution in [0.2, 0.25) is 0 Å². The summed E-state index contributed by atoms with van der Waals surface area (Å²) in [4.78, 5) is 0. The van der Waals surface area contributed by atoms with E-state index >= 15 is 0 Å². The maximum atomic E-state index is 10.1. The smallest absolute Gasteiger partial charge is 0.162 e. The second-order valence-corrected chi connectivity index (χ2v) is 7.17. The van der Waals surface area contributed by atoms with Crippen molar-refractivity contribution in [3.8, 4) is 5.75 Å². The predicted molar refractivity (Wildman–Crippen MR) is 97.3 cm³/mol. The third-order valence-electron chi connectivity index (χ3n) is 3.82. The van der Waals surface area contributed by atoms with E-state index in [2.05, 4.69) is 23.3 Å². The van der Waals surface area contributed by atoms with Crippen LogP contribution in [0.15, 0.2) is 43.0 Å². The van der Waals surface area contributed by atoms with E-state index in [0.717, 1.165) is 31.7 Å². The summed E-state index contributed by atoms with van der Waals surface area (Å²) in [6.07, 6.45) is 0. The van der Waals surface area contributed by atoms with E-state index in [0.29, 0.717) is 6.54 Å². The van der Waals surface area contributed by atoms with E-state index in [4.69, 9.17) is 12.2 Å². The van der Waals surface area contributed by atoms with E-state index in [-0.39, 0.29) is 5.75 Å². The van der Waals surface area contributed by atoms with Gasteiger partial charge in [0.25, 0.3) is 0 Å². The number of aromatic hydroxyl groups is 1. The highest BCUT2D eigenvalue weighted by Crippen LogP contribution is 2.29. The van der Waals surface area contributed by atoms with Crippen LogP contribution in [0.25, 0.3) is 15.8 Å². The maximum absolute atomic E-state index is 10.1. The maximum Gasteiger partial charge on any atom is 0.162 e. The van der Waals surface area contributed by atoms with Crippen molar-refractivity contribution in [1.82, 2.24) is 4.57 Å². The lowest BCUT2D eigenvalue weighted by Gasteiger charge is -2.12. The molecule has 0 spiro atoms. The second kappa shape index (κ2) is 5.71. The standard InChI is InChI=1S/C18H17NOS2/c1-11(2)14-9-13(12(3)8-16(14)20)10-19-15-6-4-5-7-17(15)22-18(19)21/h4-9,20H,1,10H2,2-3H3. The molecule has 0 amide bonds. The van der Waals surface area contributed by atoms with Gasteiger partial charge in [-0.05, 0) is 67.0 Å². The molecule has 0 unspecified atom stereocenters. The Labute approximate surface area is 139 Å². The lowest BCUT2D eigenvalue weighted by Crippen LogP contribution is -2.02. The Morgan fingerprint density at radius 3 is 2.77 bits per heavy atom. The summed E-state index contributed by atoms with van der Waals surface area (Å²) in [6, 6.07) is 12.1. The van der Waals surface area contributed by atoms with Gasteiger partial charge < -0.3 is 9.67 Å². The first-order valence-electron chi connectivity index (χ1n) is 7.04. The van der Waals surface area contributed by atoms with Crippen LogP contribution in [0.3, 0.4) is 0 Å². The van der Waals surface area contributed by atoms with Gasteiger partial charge in [-0.1, -0.05) is 18.7 Å². The van der Waals surface area contributed by atoms with Crippen molar-refractivity contribution in [3.05, 3.63) is 63.6 Å². The SMILES string of the molecule is C=C(C)c1cc(Cn2c(=S)sc3ccccc32)c(C)cc1O. The van der Waals surface area contributed by atoms with Gasteiger partial charge in [0.15, 0.2) is 3.95 Å². The number of hydrogen-bond donors (Lipinski definition) is 1. The molecule has 1 N–H and O–H groups in total. The van der Waals surface area contributed by atoms with E-state index in [1.807, 2.05) is 32.0 Å². The summed E-state index contributed by atoms with van der Waals surface area (Å²) in [5, 5.41) is 10.1. The molecule has 1 aromatic heterocycles. The molecule has 2 aromatic carbocycles. The molecule has 0 fully saturated rings. The van der Waals surface area contributed by atoms with Gasteiger partial charge in [0.05, 0.1) is 16.8 Å². The molecule has 0 bridgehead atoms. The molecule has 0 saturated heterocycles. The zero-order chi connectivity index (χ0) is 15.9. The van der Waals surface area contributed by atoms with Gasteiger partial charge in [0, 0.05) is 5.56 Å². The van der Waals surface area contributed by atoms with Crippen molar-refractivity contribution < 1.29 is 5.11 Å². The zero-order valence-electron chi connectivity index (χ0n) is 12.6. The van der Waals surface area contributed by atoms with Crippen LogP contribution in [-0.4, -0.2) is 9.67 Å². The van der Waals surface area contributed by atoms with Crippen molar-refractivity contribution in [2.45, 2.75) is 20.4 Å². The molecule has 0 atom stereocenters. The highest BCUT2D eigenvalue weighted by molar-refractivity contribution is 7.73. The molecule has 1 heterocycles. The van der Waals surface area contributed by atoms with Gasteiger partial charge in [0.2, 0.25) is 0 Å².